The number of para-hydroxylation sites is 1. The summed E-state index contributed by atoms with van der Waals surface area (Å²) in [5, 5.41) is 0. The van der Waals surface area contributed by atoms with E-state index in [1.54, 1.807) is 7.11 Å². The number of carbonyl (C=O) groups excluding carboxylic acids is 1. The second kappa shape index (κ2) is 8.03. The molecule has 0 unspecified atom stereocenters. The Balaban J connectivity index is 1.39. The summed E-state index contributed by atoms with van der Waals surface area (Å²) in [6.07, 6.45) is 5.42. The van der Waals surface area contributed by atoms with E-state index in [-0.39, 0.29) is 5.91 Å². The lowest BCUT2D eigenvalue weighted by Crippen LogP contribution is -2.35. The first-order valence-electron chi connectivity index (χ1n) is 9.91. The van der Waals surface area contributed by atoms with Gasteiger partial charge in [-0.05, 0) is 61.4 Å². The summed E-state index contributed by atoms with van der Waals surface area (Å²) in [6, 6.07) is 14.2. The first kappa shape index (κ1) is 17.9. The van der Waals surface area contributed by atoms with E-state index in [2.05, 4.69) is 18.2 Å². The summed E-state index contributed by atoms with van der Waals surface area (Å²) in [7, 11) is 1.68. The van der Waals surface area contributed by atoms with Gasteiger partial charge in [0.1, 0.15) is 0 Å². The van der Waals surface area contributed by atoms with Crippen molar-refractivity contribution in [3.05, 3.63) is 59.2 Å². The number of likely N-dealkylation sites (tertiary alicyclic amines) is 1. The van der Waals surface area contributed by atoms with Crippen LogP contribution < -0.4 is 9.47 Å². The number of hydrogen-bond acceptors (Lipinski definition) is 3. The van der Waals surface area contributed by atoms with Gasteiger partial charge in [-0.1, -0.05) is 24.3 Å². The number of carbonyl (C=O) groups is 1. The number of amides is 1. The molecule has 2 aromatic carbocycles. The lowest BCUT2D eigenvalue weighted by molar-refractivity contribution is 0.0724. The van der Waals surface area contributed by atoms with Gasteiger partial charge in [-0.25, -0.2) is 0 Å². The molecule has 0 N–H and O–H groups in total. The van der Waals surface area contributed by atoms with Crippen molar-refractivity contribution in [2.24, 2.45) is 5.92 Å². The fourth-order valence-corrected chi connectivity index (χ4v) is 4.15. The van der Waals surface area contributed by atoms with Gasteiger partial charge < -0.3 is 14.4 Å². The third-order valence-electron chi connectivity index (χ3n) is 5.62. The van der Waals surface area contributed by atoms with Gasteiger partial charge in [0.15, 0.2) is 11.5 Å². The van der Waals surface area contributed by atoms with Crippen molar-refractivity contribution in [1.29, 1.82) is 0 Å². The molecule has 1 saturated heterocycles. The molecule has 4 nitrogen and oxygen atoms in total. The van der Waals surface area contributed by atoms with Gasteiger partial charge in [0.05, 0.1) is 13.7 Å². The van der Waals surface area contributed by atoms with Crippen LogP contribution in [0.3, 0.4) is 0 Å². The summed E-state index contributed by atoms with van der Waals surface area (Å²) in [4.78, 5) is 14.6. The minimum atomic E-state index is 0.170. The first-order valence-corrected chi connectivity index (χ1v) is 9.91. The number of methoxy groups -OCH3 is 1. The Hall–Kier alpha value is -2.49. The Bertz CT molecular complexity index is 794. The van der Waals surface area contributed by atoms with Crippen LogP contribution >= 0.6 is 0 Å². The second-order valence-corrected chi connectivity index (χ2v) is 7.58. The molecule has 2 heterocycles. The topological polar surface area (TPSA) is 38.8 Å². The highest BCUT2D eigenvalue weighted by molar-refractivity contribution is 5.94. The largest absolute Gasteiger partial charge is 0.493 e. The Morgan fingerprint density at radius 1 is 1.11 bits per heavy atom. The highest BCUT2D eigenvalue weighted by atomic mass is 16.5. The predicted molar refractivity (Wildman–Crippen MR) is 106 cm³/mol. The van der Waals surface area contributed by atoms with Crippen LogP contribution in [0.15, 0.2) is 42.5 Å². The Kier molecular flexibility index (Phi) is 5.33. The molecule has 1 atom stereocenters. The maximum atomic E-state index is 12.6. The lowest BCUT2D eigenvalue weighted by atomic mass is 9.90. The highest BCUT2D eigenvalue weighted by Gasteiger charge is 2.23. The molecule has 1 amide bonds. The summed E-state index contributed by atoms with van der Waals surface area (Å²) < 4.78 is 11.4. The van der Waals surface area contributed by atoms with E-state index >= 15 is 0 Å². The van der Waals surface area contributed by atoms with Crippen molar-refractivity contribution >= 4 is 5.91 Å². The van der Waals surface area contributed by atoms with Crippen LogP contribution in [-0.4, -0.2) is 37.6 Å². The monoisotopic (exact) mass is 365 g/mol. The van der Waals surface area contributed by atoms with Gasteiger partial charge in [0.2, 0.25) is 0 Å². The molecular formula is C23H27NO3. The van der Waals surface area contributed by atoms with Crippen molar-refractivity contribution < 1.29 is 14.3 Å². The smallest absolute Gasteiger partial charge is 0.253 e. The van der Waals surface area contributed by atoms with Crippen molar-refractivity contribution in [3.63, 3.8) is 0 Å². The number of fused-ring (bicyclic) bond motifs is 1. The fraction of sp³-hybridized carbons (Fsp3) is 0.435. The third kappa shape index (κ3) is 3.95. The molecule has 2 aliphatic heterocycles. The Labute approximate surface area is 161 Å². The molecule has 2 aromatic rings. The average molecular weight is 365 g/mol. The number of hydrogen-bond donors (Lipinski definition) is 0. The van der Waals surface area contributed by atoms with Crippen LogP contribution in [0.25, 0.3) is 0 Å². The maximum Gasteiger partial charge on any atom is 0.253 e. The molecule has 0 saturated carbocycles. The van der Waals surface area contributed by atoms with E-state index in [4.69, 9.17) is 9.47 Å². The fourth-order valence-electron chi connectivity index (χ4n) is 4.15. The van der Waals surface area contributed by atoms with Crippen molar-refractivity contribution in [2.75, 3.05) is 26.8 Å². The van der Waals surface area contributed by atoms with E-state index in [0.29, 0.717) is 12.5 Å². The minimum Gasteiger partial charge on any atom is -0.493 e. The van der Waals surface area contributed by atoms with E-state index in [0.717, 1.165) is 55.8 Å². The average Bonchev–Trinajstić information content (AvgIpc) is 2.74. The van der Waals surface area contributed by atoms with E-state index in [1.165, 1.54) is 17.5 Å². The molecule has 0 aliphatic carbocycles. The zero-order valence-corrected chi connectivity index (χ0v) is 15.9. The Morgan fingerprint density at radius 3 is 2.63 bits per heavy atom. The molecule has 142 valence electrons. The molecule has 4 rings (SSSR count). The molecule has 0 spiro atoms. The quantitative estimate of drug-likeness (QED) is 0.818. The summed E-state index contributed by atoms with van der Waals surface area (Å²) in [5.41, 5.74) is 3.27. The molecule has 4 heteroatoms. The molecule has 27 heavy (non-hydrogen) atoms. The second-order valence-electron chi connectivity index (χ2n) is 7.58. The zero-order chi connectivity index (χ0) is 18.6. The van der Waals surface area contributed by atoms with Crippen molar-refractivity contribution in [2.45, 2.75) is 32.1 Å². The van der Waals surface area contributed by atoms with Gasteiger partial charge in [-0.15, -0.1) is 0 Å². The van der Waals surface area contributed by atoms with Crippen molar-refractivity contribution in [1.82, 2.24) is 4.90 Å². The normalized spacial score (nSPS) is 19.1. The summed E-state index contributed by atoms with van der Waals surface area (Å²) in [6.45, 7) is 2.48. The lowest BCUT2D eigenvalue weighted by Gasteiger charge is -2.27. The SMILES string of the molecule is COc1cccc2c1OC[C@@H](Cc1ccc(C(=O)N3CCCCC3)cc1)C2. The van der Waals surface area contributed by atoms with E-state index in [1.807, 2.05) is 29.2 Å². The van der Waals surface area contributed by atoms with Crippen LogP contribution in [0.5, 0.6) is 11.5 Å². The number of benzene rings is 2. The van der Waals surface area contributed by atoms with Crippen LogP contribution in [0, 0.1) is 5.92 Å². The van der Waals surface area contributed by atoms with Crippen molar-refractivity contribution in [3.8, 4) is 11.5 Å². The molecular weight excluding hydrogens is 338 g/mol. The first-order chi connectivity index (χ1) is 13.2. The van der Waals surface area contributed by atoms with Crippen LogP contribution in [0.2, 0.25) is 0 Å². The number of piperidine rings is 1. The molecule has 0 bridgehead atoms. The molecule has 0 radical (unpaired) electrons. The van der Waals surface area contributed by atoms with Gasteiger partial charge in [0.25, 0.3) is 5.91 Å². The van der Waals surface area contributed by atoms with Crippen LogP contribution in [-0.2, 0) is 12.8 Å². The van der Waals surface area contributed by atoms with E-state index < -0.39 is 0 Å². The van der Waals surface area contributed by atoms with Gasteiger partial charge in [0, 0.05) is 24.6 Å². The minimum absolute atomic E-state index is 0.170. The summed E-state index contributed by atoms with van der Waals surface area (Å²) >= 11 is 0. The van der Waals surface area contributed by atoms with E-state index in [9.17, 15) is 4.79 Å². The maximum absolute atomic E-state index is 12.6. The standard InChI is InChI=1S/C23H27NO3/c1-26-21-7-5-6-20-15-18(16-27-22(20)21)14-17-8-10-19(11-9-17)23(25)24-12-3-2-4-13-24/h5-11,18H,2-4,12-16H2,1H3/t18-/m0/s1. The number of ether oxygens (including phenoxy) is 2. The van der Waals surface area contributed by atoms with Crippen LogP contribution in [0.1, 0.15) is 40.7 Å². The third-order valence-corrected chi connectivity index (χ3v) is 5.62. The van der Waals surface area contributed by atoms with Crippen LogP contribution in [0.4, 0.5) is 0 Å². The number of nitrogens with zero attached hydrogens (tertiary/aromatic N) is 1. The summed E-state index contributed by atoms with van der Waals surface area (Å²) in [5.74, 6) is 2.31. The van der Waals surface area contributed by atoms with Gasteiger partial charge >= 0.3 is 0 Å². The molecule has 2 aliphatic rings. The number of rotatable bonds is 4. The zero-order valence-electron chi connectivity index (χ0n) is 15.9. The van der Waals surface area contributed by atoms with Gasteiger partial charge in [-0.3, -0.25) is 4.79 Å². The molecule has 0 aromatic heterocycles. The molecule has 1 fully saturated rings. The predicted octanol–water partition coefficient (Wildman–Crippen LogP) is 4.12. The van der Waals surface area contributed by atoms with Gasteiger partial charge in [-0.2, -0.15) is 0 Å². The highest BCUT2D eigenvalue weighted by Crippen LogP contribution is 2.36. The Morgan fingerprint density at radius 2 is 1.89 bits per heavy atom.